The third-order valence-electron chi connectivity index (χ3n) is 8.65. The SMILES string of the molecule is Cc1ccccc1N1[C@@H](C)c2sc3ccsc3c2C12C1CC3CC(C1)CC2C3. The molecule has 0 amide bonds. The van der Waals surface area contributed by atoms with E-state index in [1.54, 1.807) is 19.8 Å². The van der Waals surface area contributed by atoms with Gasteiger partial charge in [0.25, 0.3) is 0 Å². The van der Waals surface area contributed by atoms with E-state index in [1.165, 1.54) is 43.4 Å². The van der Waals surface area contributed by atoms with Crippen LogP contribution in [0, 0.1) is 30.6 Å². The summed E-state index contributed by atoms with van der Waals surface area (Å²) in [4.78, 5) is 4.62. The Hall–Kier alpha value is -1.32. The molecule has 5 aliphatic rings. The molecule has 1 aliphatic heterocycles. The van der Waals surface area contributed by atoms with Crippen molar-refractivity contribution in [3.63, 3.8) is 0 Å². The summed E-state index contributed by atoms with van der Waals surface area (Å²) in [5.74, 6) is 3.69. The van der Waals surface area contributed by atoms with Crippen LogP contribution in [-0.4, -0.2) is 0 Å². The first-order chi connectivity index (χ1) is 13.7. The first kappa shape index (κ1) is 16.5. The van der Waals surface area contributed by atoms with Crippen LogP contribution in [0.2, 0.25) is 0 Å². The van der Waals surface area contributed by atoms with Gasteiger partial charge in [-0.05, 0) is 92.7 Å². The zero-order valence-corrected chi connectivity index (χ0v) is 18.3. The van der Waals surface area contributed by atoms with E-state index in [4.69, 9.17) is 0 Å². The van der Waals surface area contributed by atoms with Crippen LogP contribution in [0.15, 0.2) is 35.7 Å². The van der Waals surface area contributed by atoms with Gasteiger partial charge in [-0.2, -0.15) is 0 Å². The smallest absolute Gasteiger partial charge is 0.0742 e. The number of hydrogen-bond acceptors (Lipinski definition) is 3. The van der Waals surface area contributed by atoms with Crippen molar-refractivity contribution in [1.82, 2.24) is 0 Å². The van der Waals surface area contributed by atoms with Gasteiger partial charge < -0.3 is 4.90 Å². The van der Waals surface area contributed by atoms with Gasteiger partial charge in [-0.1, -0.05) is 18.2 Å². The summed E-state index contributed by atoms with van der Waals surface area (Å²) in [5, 5.41) is 2.33. The van der Waals surface area contributed by atoms with E-state index in [0.717, 1.165) is 23.7 Å². The highest BCUT2D eigenvalue weighted by Gasteiger charge is 2.65. The molecule has 1 nitrogen and oxygen atoms in total. The lowest BCUT2D eigenvalue weighted by Gasteiger charge is -2.64. The Balaban J connectivity index is 1.55. The maximum Gasteiger partial charge on any atom is 0.0742 e. The van der Waals surface area contributed by atoms with Gasteiger partial charge in [0.05, 0.1) is 16.3 Å². The molecule has 2 aromatic heterocycles. The molecule has 1 spiro atoms. The molecule has 8 rings (SSSR count). The summed E-state index contributed by atoms with van der Waals surface area (Å²) in [6.45, 7) is 4.81. The highest BCUT2D eigenvalue weighted by atomic mass is 32.1. The monoisotopic (exact) mass is 405 g/mol. The summed E-state index contributed by atoms with van der Waals surface area (Å²) in [5.41, 5.74) is 4.96. The molecule has 3 heteroatoms. The normalized spacial score (nSPS) is 38.1. The predicted octanol–water partition coefficient (Wildman–Crippen LogP) is 7.50. The maximum atomic E-state index is 2.94. The number of para-hydroxylation sites is 1. The zero-order valence-electron chi connectivity index (χ0n) is 16.7. The van der Waals surface area contributed by atoms with Crippen LogP contribution in [0.3, 0.4) is 0 Å². The average Bonchev–Trinajstić information content (AvgIpc) is 3.32. The van der Waals surface area contributed by atoms with Gasteiger partial charge in [0.2, 0.25) is 0 Å². The number of rotatable bonds is 1. The largest absolute Gasteiger partial charge is 0.353 e. The van der Waals surface area contributed by atoms with Crippen LogP contribution in [0.5, 0.6) is 0 Å². The van der Waals surface area contributed by atoms with E-state index in [-0.39, 0.29) is 5.54 Å². The van der Waals surface area contributed by atoms with Crippen molar-refractivity contribution in [2.24, 2.45) is 23.7 Å². The Morgan fingerprint density at radius 3 is 2.39 bits per heavy atom. The van der Waals surface area contributed by atoms with E-state index in [9.17, 15) is 0 Å². The molecule has 1 atom stereocenters. The minimum Gasteiger partial charge on any atom is -0.353 e. The van der Waals surface area contributed by atoms with Crippen molar-refractivity contribution in [2.75, 3.05) is 4.90 Å². The fourth-order valence-electron chi connectivity index (χ4n) is 8.02. The van der Waals surface area contributed by atoms with Crippen molar-refractivity contribution in [2.45, 2.75) is 57.5 Å². The van der Waals surface area contributed by atoms with E-state index in [2.05, 4.69) is 65.8 Å². The van der Waals surface area contributed by atoms with Gasteiger partial charge in [-0.25, -0.2) is 0 Å². The van der Waals surface area contributed by atoms with Crippen LogP contribution in [0.25, 0.3) is 9.40 Å². The molecule has 0 radical (unpaired) electrons. The van der Waals surface area contributed by atoms with E-state index in [0.29, 0.717) is 6.04 Å². The third-order valence-corrected chi connectivity index (χ3v) is 11.0. The zero-order chi connectivity index (χ0) is 18.6. The molecule has 4 bridgehead atoms. The van der Waals surface area contributed by atoms with E-state index < -0.39 is 0 Å². The van der Waals surface area contributed by atoms with Crippen LogP contribution in [0.1, 0.15) is 61.1 Å². The average molecular weight is 406 g/mol. The lowest BCUT2D eigenvalue weighted by atomic mass is 9.47. The number of fused-ring (bicyclic) bond motifs is 3. The molecule has 28 heavy (non-hydrogen) atoms. The molecule has 0 saturated heterocycles. The minimum absolute atomic E-state index is 0.247. The number of nitrogens with zero attached hydrogens (tertiary/aromatic N) is 1. The Kier molecular flexibility index (Phi) is 3.19. The predicted molar refractivity (Wildman–Crippen MR) is 120 cm³/mol. The van der Waals surface area contributed by atoms with Crippen molar-refractivity contribution < 1.29 is 0 Å². The topological polar surface area (TPSA) is 3.24 Å². The molecular weight excluding hydrogens is 378 g/mol. The number of anilines is 1. The van der Waals surface area contributed by atoms with Gasteiger partial charge >= 0.3 is 0 Å². The summed E-state index contributed by atoms with van der Waals surface area (Å²) >= 11 is 4.10. The summed E-state index contributed by atoms with van der Waals surface area (Å²) in [7, 11) is 0. The second-order valence-corrected chi connectivity index (χ2v) is 11.9. The fraction of sp³-hybridized carbons (Fsp3) is 0.520. The molecule has 1 aromatic carbocycles. The first-order valence-corrected chi connectivity index (χ1v) is 12.7. The molecule has 3 heterocycles. The van der Waals surface area contributed by atoms with Gasteiger partial charge in [0.15, 0.2) is 0 Å². The third kappa shape index (κ3) is 1.80. The summed E-state index contributed by atoms with van der Waals surface area (Å²) < 4.78 is 3.16. The van der Waals surface area contributed by atoms with Crippen molar-refractivity contribution in [1.29, 1.82) is 0 Å². The standard InChI is InChI=1S/C25H27NS2/c1-14-5-3-4-6-20(14)26-15(2)23-22(24-21(28-23)7-8-27-24)25(26)18-10-16-9-17(12-18)13-19(25)11-16/h3-8,15-19H,9-13H2,1-2H3/t15-,16?,17?,18?,19?,25?/m0/s1. The molecular formula is C25H27NS2. The summed E-state index contributed by atoms with van der Waals surface area (Å²) in [6, 6.07) is 12.1. The van der Waals surface area contributed by atoms with Crippen molar-refractivity contribution >= 4 is 37.8 Å². The Bertz CT molecular complexity index is 1060. The quantitative estimate of drug-likeness (QED) is 0.405. The Morgan fingerprint density at radius 1 is 0.964 bits per heavy atom. The molecule has 4 saturated carbocycles. The highest BCUT2D eigenvalue weighted by molar-refractivity contribution is 7.27. The van der Waals surface area contributed by atoms with Crippen LogP contribution in [-0.2, 0) is 5.54 Å². The lowest BCUT2D eigenvalue weighted by Crippen LogP contribution is -2.62. The second-order valence-electron chi connectivity index (χ2n) is 9.92. The molecule has 3 aromatic rings. The number of hydrogen-bond donors (Lipinski definition) is 0. The molecule has 4 fully saturated rings. The highest BCUT2D eigenvalue weighted by Crippen LogP contribution is 2.71. The van der Waals surface area contributed by atoms with Gasteiger partial charge in [0, 0.05) is 20.8 Å². The molecule has 144 valence electrons. The van der Waals surface area contributed by atoms with Gasteiger partial charge in [-0.15, -0.1) is 22.7 Å². The summed E-state index contributed by atoms with van der Waals surface area (Å²) in [6.07, 6.45) is 7.37. The molecule has 0 unspecified atom stereocenters. The Labute approximate surface area is 175 Å². The Morgan fingerprint density at radius 2 is 1.68 bits per heavy atom. The van der Waals surface area contributed by atoms with E-state index in [1.807, 2.05) is 11.3 Å². The van der Waals surface area contributed by atoms with Crippen LogP contribution >= 0.6 is 22.7 Å². The fourth-order valence-corrected chi connectivity index (χ4v) is 10.6. The molecule has 4 aliphatic carbocycles. The second kappa shape index (κ2) is 5.43. The number of aryl methyl sites for hydroxylation is 1. The van der Waals surface area contributed by atoms with Crippen LogP contribution in [0.4, 0.5) is 5.69 Å². The van der Waals surface area contributed by atoms with Gasteiger partial charge in [-0.3, -0.25) is 0 Å². The van der Waals surface area contributed by atoms with E-state index >= 15 is 0 Å². The maximum absolute atomic E-state index is 2.94. The minimum atomic E-state index is 0.247. The van der Waals surface area contributed by atoms with Crippen molar-refractivity contribution in [3.05, 3.63) is 51.7 Å². The molecule has 0 N–H and O–H groups in total. The number of benzene rings is 1. The lowest BCUT2D eigenvalue weighted by molar-refractivity contribution is -0.0595. The number of thiophene rings is 2. The first-order valence-electron chi connectivity index (χ1n) is 11.0. The van der Waals surface area contributed by atoms with Crippen LogP contribution < -0.4 is 4.90 Å². The van der Waals surface area contributed by atoms with Gasteiger partial charge in [0.1, 0.15) is 0 Å². The van der Waals surface area contributed by atoms with Crippen molar-refractivity contribution in [3.8, 4) is 0 Å².